The van der Waals surface area contributed by atoms with Crippen LogP contribution in [0.5, 0.6) is 5.75 Å². The molecule has 1 aromatic heterocycles. The van der Waals surface area contributed by atoms with Gasteiger partial charge in [0.25, 0.3) is 5.91 Å². The van der Waals surface area contributed by atoms with Crippen LogP contribution in [0, 0.1) is 17.6 Å². The highest BCUT2D eigenvalue weighted by atomic mass is 19.2. The molecule has 5 rings (SSSR count). The molecule has 16 heteroatoms. The molecule has 2 atom stereocenters. The van der Waals surface area contributed by atoms with Crippen LogP contribution in [-0.4, -0.2) is 134 Å². The predicted molar refractivity (Wildman–Crippen MR) is 221 cm³/mol. The van der Waals surface area contributed by atoms with Gasteiger partial charge in [-0.05, 0) is 58.1 Å². The summed E-state index contributed by atoms with van der Waals surface area (Å²) in [5, 5.41) is 3.21. The van der Waals surface area contributed by atoms with Crippen molar-refractivity contribution >= 4 is 34.7 Å². The van der Waals surface area contributed by atoms with Crippen LogP contribution in [0.25, 0.3) is 10.9 Å². The number of benzene rings is 2. The summed E-state index contributed by atoms with van der Waals surface area (Å²) in [4.78, 5) is 58.7. The fraction of sp³-hybridized carbons (Fsp3) is 0.591. The number of hydrogen-bond donors (Lipinski definition) is 1. The molecule has 0 radical (unpaired) electrons. The van der Waals surface area contributed by atoms with Crippen molar-refractivity contribution in [1.29, 1.82) is 0 Å². The number of carbonyl (C=O) groups is 4. The molecule has 330 valence electrons. The van der Waals surface area contributed by atoms with Crippen LogP contribution in [0.1, 0.15) is 75.9 Å². The molecule has 1 saturated carbocycles. The molecule has 4 amide bonds. The van der Waals surface area contributed by atoms with Gasteiger partial charge in [-0.15, -0.1) is 0 Å². The first kappa shape index (κ1) is 46.3. The Morgan fingerprint density at radius 1 is 0.850 bits per heavy atom. The van der Waals surface area contributed by atoms with Crippen LogP contribution < -0.4 is 10.1 Å². The van der Waals surface area contributed by atoms with E-state index in [0.717, 1.165) is 43.7 Å². The summed E-state index contributed by atoms with van der Waals surface area (Å²) < 4.78 is 59.2. The largest absolute Gasteiger partial charge is 0.487 e. The summed E-state index contributed by atoms with van der Waals surface area (Å²) in [5.74, 6) is -3.70. The lowest BCUT2D eigenvalue weighted by Crippen LogP contribution is -2.59. The first-order valence-corrected chi connectivity index (χ1v) is 20.9. The smallest absolute Gasteiger partial charge is 0.410 e. The minimum absolute atomic E-state index is 0.0640. The maximum Gasteiger partial charge on any atom is 0.410 e. The number of aryl methyl sites for hydroxylation is 1. The summed E-state index contributed by atoms with van der Waals surface area (Å²) in [6.45, 7) is 9.68. The van der Waals surface area contributed by atoms with Gasteiger partial charge in [-0.3, -0.25) is 19.3 Å². The van der Waals surface area contributed by atoms with Gasteiger partial charge in [0.2, 0.25) is 17.6 Å². The first-order valence-electron chi connectivity index (χ1n) is 20.9. The molecule has 0 spiro atoms. The Labute approximate surface area is 351 Å². The average molecular weight is 842 g/mol. The molecule has 2 aliphatic rings. The third kappa shape index (κ3) is 12.4. The highest BCUT2D eigenvalue weighted by molar-refractivity contribution is 6.00. The van der Waals surface area contributed by atoms with Crippen LogP contribution in [0.4, 0.5) is 13.6 Å². The fourth-order valence-electron chi connectivity index (χ4n) is 7.42. The summed E-state index contributed by atoms with van der Waals surface area (Å²) in [6.07, 6.45) is 3.88. The van der Waals surface area contributed by atoms with Crippen molar-refractivity contribution in [3.8, 4) is 5.75 Å². The van der Waals surface area contributed by atoms with Crippen molar-refractivity contribution in [2.75, 3.05) is 72.9 Å². The lowest BCUT2D eigenvalue weighted by atomic mass is 9.83. The van der Waals surface area contributed by atoms with Gasteiger partial charge in [0.05, 0.1) is 45.2 Å². The van der Waals surface area contributed by atoms with Crippen LogP contribution in [-0.2, 0) is 42.2 Å². The highest BCUT2D eigenvalue weighted by Gasteiger charge is 2.38. The van der Waals surface area contributed by atoms with Crippen LogP contribution in [0.3, 0.4) is 0 Å². The lowest BCUT2D eigenvalue weighted by molar-refractivity contribution is -0.140. The van der Waals surface area contributed by atoms with Crippen molar-refractivity contribution < 1.29 is 51.6 Å². The minimum Gasteiger partial charge on any atom is -0.487 e. The van der Waals surface area contributed by atoms with Gasteiger partial charge in [0.15, 0.2) is 11.6 Å². The molecule has 1 N–H and O–H groups in total. The van der Waals surface area contributed by atoms with Gasteiger partial charge in [0.1, 0.15) is 30.0 Å². The number of hydrogen-bond acceptors (Lipinski definition) is 9. The van der Waals surface area contributed by atoms with Crippen LogP contribution >= 0.6 is 0 Å². The summed E-state index contributed by atoms with van der Waals surface area (Å²) in [7, 11) is 3.09. The van der Waals surface area contributed by atoms with Gasteiger partial charge in [-0.1, -0.05) is 49.6 Å². The number of aromatic nitrogens is 1. The van der Waals surface area contributed by atoms with Gasteiger partial charge < -0.3 is 43.4 Å². The highest BCUT2D eigenvalue weighted by Crippen LogP contribution is 2.34. The number of nitrogens with zero attached hydrogens (tertiary/aromatic N) is 4. The van der Waals surface area contributed by atoms with Crippen molar-refractivity contribution in [2.24, 2.45) is 13.0 Å². The first-order chi connectivity index (χ1) is 28.7. The number of piperazine rings is 1. The zero-order valence-electron chi connectivity index (χ0n) is 35.8. The molecule has 3 aromatic rings. The fourth-order valence-corrected chi connectivity index (χ4v) is 7.42. The molecule has 0 bridgehead atoms. The van der Waals surface area contributed by atoms with E-state index < -0.39 is 41.3 Å². The quantitative estimate of drug-likeness (QED) is 0.160. The number of fused-ring (bicyclic) bond motifs is 1. The number of halogens is 2. The lowest BCUT2D eigenvalue weighted by Gasteiger charge is -2.39. The topological polar surface area (TPSA) is 141 Å². The molecule has 2 heterocycles. The number of carbonyl (C=O) groups excluding carboxylic acids is 4. The van der Waals surface area contributed by atoms with E-state index in [2.05, 4.69) is 5.32 Å². The second-order valence-electron chi connectivity index (χ2n) is 16.4. The second kappa shape index (κ2) is 21.6. The number of amides is 4. The molecule has 2 unspecified atom stereocenters. The Morgan fingerprint density at radius 3 is 2.08 bits per heavy atom. The molecule has 1 aliphatic heterocycles. The van der Waals surface area contributed by atoms with Gasteiger partial charge >= 0.3 is 6.09 Å². The number of likely N-dealkylation sites (N-methyl/N-ethyl adjacent to an activating group) is 1. The molecule has 14 nitrogen and oxygen atoms in total. The Balaban J connectivity index is 1.13. The number of nitrogens with one attached hydrogen (secondary N) is 1. The standard InChI is InChI=1S/C44H61F2N5O9/c1-30(48(5)43(55)60-44(2,3)4)40(52)47-38(32-15-11-8-12-16-32)42(54)51-19-17-50(18-20-51)41(53)36-27-33-35(49(36)6)28-34(45)37(46)39(33)59-26-25-57-22-21-56-23-24-58-29-31-13-9-7-10-14-31/h7,9-10,13-14,27-28,30,32,38H,8,11-12,15-26,29H2,1-6H3,(H,47,52). The predicted octanol–water partition coefficient (Wildman–Crippen LogP) is 5.69. The van der Waals surface area contributed by atoms with E-state index >= 15 is 4.39 Å². The summed E-state index contributed by atoms with van der Waals surface area (Å²) >= 11 is 0. The van der Waals surface area contributed by atoms with Crippen molar-refractivity contribution in [1.82, 2.24) is 24.6 Å². The van der Waals surface area contributed by atoms with E-state index in [1.165, 1.54) is 22.6 Å². The molecule has 60 heavy (non-hydrogen) atoms. The molecule has 2 fully saturated rings. The third-order valence-corrected chi connectivity index (χ3v) is 11.0. The molecule has 1 saturated heterocycles. The van der Waals surface area contributed by atoms with Crippen molar-refractivity contribution in [3.63, 3.8) is 0 Å². The maximum atomic E-state index is 15.1. The zero-order valence-corrected chi connectivity index (χ0v) is 35.8. The minimum atomic E-state index is -1.16. The Morgan fingerprint density at radius 2 is 1.45 bits per heavy atom. The van der Waals surface area contributed by atoms with E-state index in [-0.39, 0.29) is 86.1 Å². The SMILES string of the molecule is CC(C(=O)NC(C(=O)N1CCN(C(=O)c2cc3c(OCCOCCOCCOCc4ccccc4)c(F)c(F)cc3n2C)CC1)C1CCCCC1)N(C)C(=O)OC(C)(C)C. The van der Waals surface area contributed by atoms with Gasteiger partial charge in [-0.25, -0.2) is 9.18 Å². The summed E-state index contributed by atoms with van der Waals surface area (Å²) in [6, 6.07) is 10.7. The van der Waals surface area contributed by atoms with E-state index in [1.54, 1.807) is 44.5 Å². The van der Waals surface area contributed by atoms with Crippen molar-refractivity contribution in [3.05, 3.63) is 65.4 Å². The number of ether oxygens (including phenoxy) is 5. The van der Waals surface area contributed by atoms with Crippen molar-refractivity contribution in [2.45, 2.75) is 84.1 Å². The van der Waals surface area contributed by atoms with E-state index in [0.29, 0.717) is 26.4 Å². The second-order valence-corrected chi connectivity index (χ2v) is 16.4. The molecular weight excluding hydrogens is 781 g/mol. The molecule has 2 aromatic carbocycles. The maximum absolute atomic E-state index is 15.1. The zero-order chi connectivity index (χ0) is 43.4. The van der Waals surface area contributed by atoms with E-state index in [1.807, 2.05) is 30.3 Å². The Kier molecular flexibility index (Phi) is 16.7. The summed E-state index contributed by atoms with van der Waals surface area (Å²) in [5.41, 5.74) is 0.830. The Hall–Kier alpha value is -4.80. The Bertz CT molecular complexity index is 1910. The molecular formula is C44H61F2N5O9. The monoisotopic (exact) mass is 841 g/mol. The van der Waals surface area contributed by atoms with Gasteiger partial charge in [0, 0.05) is 51.7 Å². The van der Waals surface area contributed by atoms with Gasteiger partial charge in [-0.2, -0.15) is 4.39 Å². The molecule has 1 aliphatic carbocycles. The van der Waals surface area contributed by atoms with Crippen LogP contribution in [0.15, 0.2) is 42.5 Å². The third-order valence-electron chi connectivity index (χ3n) is 11.0. The number of rotatable bonds is 18. The van der Waals surface area contributed by atoms with E-state index in [9.17, 15) is 23.6 Å². The van der Waals surface area contributed by atoms with E-state index in [4.69, 9.17) is 23.7 Å². The normalized spacial score (nSPS) is 16.1. The average Bonchev–Trinajstić information content (AvgIpc) is 3.56. The van der Waals surface area contributed by atoms with Crippen LogP contribution in [0.2, 0.25) is 0 Å².